The van der Waals surface area contributed by atoms with Gasteiger partial charge in [-0.3, -0.25) is 4.99 Å². The minimum atomic E-state index is -0.226. The van der Waals surface area contributed by atoms with Crippen LogP contribution in [0.1, 0.15) is 23.8 Å². The number of guanidine groups is 1. The molecule has 0 amide bonds. The summed E-state index contributed by atoms with van der Waals surface area (Å²) < 4.78 is 23.9. The molecule has 1 heterocycles. The van der Waals surface area contributed by atoms with E-state index in [1.807, 2.05) is 38.4 Å². The number of benzene rings is 1. The number of halogens is 2. The highest BCUT2D eigenvalue weighted by atomic mass is 127. The maximum Gasteiger partial charge on any atom is 0.191 e. The first-order valence-electron chi connectivity index (χ1n) is 9.06. The number of furan rings is 1. The Morgan fingerprint density at radius 3 is 2.57 bits per heavy atom. The third-order valence-corrected chi connectivity index (χ3v) is 4.15. The highest BCUT2D eigenvalue weighted by Crippen LogP contribution is 2.17. The van der Waals surface area contributed by atoms with Crippen molar-refractivity contribution in [1.29, 1.82) is 0 Å². The van der Waals surface area contributed by atoms with E-state index >= 15 is 0 Å². The van der Waals surface area contributed by atoms with Gasteiger partial charge < -0.3 is 24.7 Å². The zero-order valence-corrected chi connectivity index (χ0v) is 19.0. The molecule has 0 bridgehead atoms. The molecule has 1 aromatic heterocycles. The maximum atomic E-state index is 13.2. The van der Waals surface area contributed by atoms with Crippen LogP contribution in [-0.4, -0.2) is 51.7 Å². The Labute approximate surface area is 183 Å². The Morgan fingerprint density at radius 2 is 1.96 bits per heavy atom. The average molecular weight is 504 g/mol. The zero-order chi connectivity index (χ0) is 19.5. The van der Waals surface area contributed by atoms with Crippen LogP contribution < -0.4 is 10.6 Å². The Kier molecular flexibility index (Phi) is 11.8. The van der Waals surface area contributed by atoms with E-state index in [9.17, 15) is 4.39 Å². The van der Waals surface area contributed by atoms with Crippen LogP contribution in [0.15, 0.2) is 52.1 Å². The van der Waals surface area contributed by atoms with Crippen molar-refractivity contribution in [1.82, 2.24) is 15.5 Å². The monoisotopic (exact) mass is 504 g/mol. The van der Waals surface area contributed by atoms with E-state index in [4.69, 9.17) is 9.15 Å². The molecule has 8 heteroatoms. The highest BCUT2D eigenvalue weighted by molar-refractivity contribution is 14.0. The van der Waals surface area contributed by atoms with Gasteiger partial charge in [0, 0.05) is 26.7 Å². The third kappa shape index (κ3) is 8.57. The summed E-state index contributed by atoms with van der Waals surface area (Å²) in [6, 6.07) is 10.5. The number of rotatable bonds is 10. The Hall–Kier alpha value is -1.65. The van der Waals surface area contributed by atoms with Gasteiger partial charge in [-0.2, -0.15) is 0 Å². The van der Waals surface area contributed by atoms with Gasteiger partial charge in [-0.05, 0) is 50.3 Å². The molecule has 0 aliphatic rings. The van der Waals surface area contributed by atoms with Gasteiger partial charge in [0.1, 0.15) is 18.2 Å². The van der Waals surface area contributed by atoms with Crippen molar-refractivity contribution in [2.75, 3.05) is 40.8 Å². The summed E-state index contributed by atoms with van der Waals surface area (Å²) in [6.45, 7) is 2.54. The van der Waals surface area contributed by atoms with Crippen LogP contribution in [0.2, 0.25) is 0 Å². The second-order valence-electron chi connectivity index (χ2n) is 6.40. The number of hydrogen-bond acceptors (Lipinski definition) is 4. The maximum absolute atomic E-state index is 13.2. The number of hydrogen-bond donors (Lipinski definition) is 2. The Morgan fingerprint density at radius 1 is 1.21 bits per heavy atom. The van der Waals surface area contributed by atoms with E-state index in [1.54, 1.807) is 13.3 Å². The predicted molar refractivity (Wildman–Crippen MR) is 121 cm³/mol. The molecule has 0 saturated carbocycles. The van der Waals surface area contributed by atoms with E-state index in [1.165, 1.54) is 12.1 Å². The molecular formula is C20H30FIN4O2. The molecule has 0 aliphatic carbocycles. The summed E-state index contributed by atoms with van der Waals surface area (Å²) in [5.41, 5.74) is 1.05. The van der Waals surface area contributed by atoms with Gasteiger partial charge in [-0.1, -0.05) is 12.1 Å². The molecule has 0 aliphatic heterocycles. The molecule has 2 rings (SSSR count). The first-order valence-corrected chi connectivity index (χ1v) is 9.06. The minimum Gasteiger partial charge on any atom is -0.467 e. The van der Waals surface area contributed by atoms with Crippen LogP contribution in [0, 0.1) is 5.82 Å². The van der Waals surface area contributed by atoms with Crippen molar-refractivity contribution < 1.29 is 13.5 Å². The molecule has 2 aromatic rings. The lowest BCUT2D eigenvalue weighted by molar-refractivity contribution is 0.105. The van der Waals surface area contributed by atoms with Gasteiger partial charge >= 0.3 is 0 Å². The molecule has 0 fully saturated rings. The molecule has 0 saturated heterocycles. The quantitative estimate of drug-likeness (QED) is 0.225. The summed E-state index contributed by atoms with van der Waals surface area (Å²) >= 11 is 0. The van der Waals surface area contributed by atoms with Crippen LogP contribution in [0.5, 0.6) is 0 Å². The smallest absolute Gasteiger partial charge is 0.191 e. The van der Waals surface area contributed by atoms with Crippen molar-refractivity contribution >= 4 is 29.9 Å². The zero-order valence-electron chi connectivity index (χ0n) is 16.7. The summed E-state index contributed by atoms with van der Waals surface area (Å²) in [4.78, 5) is 6.34. The van der Waals surface area contributed by atoms with Crippen LogP contribution >= 0.6 is 24.0 Å². The number of nitrogens with zero attached hydrogens (tertiary/aromatic N) is 2. The normalized spacial score (nSPS) is 12.5. The van der Waals surface area contributed by atoms with E-state index in [2.05, 4.69) is 20.5 Å². The fraction of sp³-hybridized carbons (Fsp3) is 0.450. The SMILES string of the molecule is CN=C(NCCCOCc1ccco1)NCC(c1ccc(F)cc1)N(C)C.I. The second kappa shape index (κ2) is 13.5. The number of ether oxygens (including phenoxy) is 1. The van der Waals surface area contributed by atoms with Crippen LogP contribution in [0.4, 0.5) is 4.39 Å². The second-order valence-corrected chi connectivity index (χ2v) is 6.40. The van der Waals surface area contributed by atoms with Crippen LogP contribution in [-0.2, 0) is 11.3 Å². The Bertz CT molecular complexity index is 678. The molecule has 1 atom stereocenters. The summed E-state index contributed by atoms with van der Waals surface area (Å²) in [5, 5.41) is 6.60. The molecule has 0 radical (unpaired) electrons. The third-order valence-electron chi connectivity index (χ3n) is 4.15. The summed E-state index contributed by atoms with van der Waals surface area (Å²) in [5.74, 6) is 1.34. The van der Waals surface area contributed by atoms with Gasteiger partial charge in [0.2, 0.25) is 0 Å². The molecule has 2 N–H and O–H groups in total. The molecule has 0 spiro atoms. The van der Waals surface area contributed by atoms with Crippen molar-refractivity contribution in [2.24, 2.45) is 4.99 Å². The van der Waals surface area contributed by atoms with Crippen molar-refractivity contribution in [3.63, 3.8) is 0 Å². The first-order chi connectivity index (χ1) is 13.1. The predicted octanol–water partition coefficient (Wildman–Crippen LogP) is 3.41. The number of likely N-dealkylation sites (N-methyl/N-ethyl adjacent to an activating group) is 1. The van der Waals surface area contributed by atoms with Gasteiger partial charge in [0.25, 0.3) is 0 Å². The standard InChI is InChI=1S/C20H29FN4O2.HI/c1-22-20(23-11-5-12-26-15-18-6-4-13-27-18)24-14-19(25(2)3)16-7-9-17(21)10-8-16;/h4,6-10,13,19H,5,11-12,14-15H2,1-3H3,(H2,22,23,24);1H. The summed E-state index contributed by atoms with van der Waals surface area (Å²) in [6.07, 6.45) is 2.50. The number of aliphatic imine (C=N–C) groups is 1. The molecule has 156 valence electrons. The topological polar surface area (TPSA) is 62.0 Å². The fourth-order valence-corrected chi connectivity index (χ4v) is 2.65. The largest absolute Gasteiger partial charge is 0.467 e. The lowest BCUT2D eigenvalue weighted by Gasteiger charge is -2.26. The van der Waals surface area contributed by atoms with Gasteiger partial charge in [-0.25, -0.2) is 4.39 Å². The van der Waals surface area contributed by atoms with Crippen molar-refractivity contribution in [2.45, 2.75) is 19.1 Å². The Balaban J connectivity index is 0.00000392. The van der Waals surface area contributed by atoms with E-state index in [-0.39, 0.29) is 35.8 Å². The first kappa shape index (κ1) is 24.4. The van der Waals surface area contributed by atoms with Gasteiger partial charge in [-0.15, -0.1) is 24.0 Å². The lowest BCUT2D eigenvalue weighted by Crippen LogP contribution is -2.42. The lowest BCUT2D eigenvalue weighted by atomic mass is 10.1. The van der Waals surface area contributed by atoms with E-state index in [0.29, 0.717) is 19.8 Å². The fourth-order valence-electron chi connectivity index (χ4n) is 2.65. The van der Waals surface area contributed by atoms with Crippen LogP contribution in [0.25, 0.3) is 0 Å². The van der Waals surface area contributed by atoms with Crippen molar-refractivity contribution in [3.05, 3.63) is 59.8 Å². The molecule has 1 unspecified atom stereocenters. The van der Waals surface area contributed by atoms with E-state index in [0.717, 1.165) is 30.2 Å². The molecule has 6 nitrogen and oxygen atoms in total. The van der Waals surface area contributed by atoms with E-state index < -0.39 is 0 Å². The minimum absolute atomic E-state index is 0. The average Bonchev–Trinajstić information content (AvgIpc) is 3.17. The molecular weight excluding hydrogens is 474 g/mol. The highest BCUT2D eigenvalue weighted by Gasteiger charge is 2.14. The molecule has 1 aromatic carbocycles. The molecule has 28 heavy (non-hydrogen) atoms. The van der Waals surface area contributed by atoms with Gasteiger partial charge in [0.05, 0.1) is 12.3 Å². The van der Waals surface area contributed by atoms with Crippen molar-refractivity contribution in [3.8, 4) is 0 Å². The number of nitrogens with one attached hydrogen (secondary N) is 2. The van der Waals surface area contributed by atoms with Crippen LogP contribution in [0.3, 0.4) is 0 Å². The summed E-state index contributed by atoms with van der Waals surface area (Å²) in [7, 11) is 5.75. The van der Waals surface area contributed by atoms with Gasteiger partial charge in [0.15, 0.2) is 5.96 Å².